The third-order valence-electron chi connectivity index (χ3n) is 26.4. The van der Waals surface area contributed by atoms with Crippen LogP contribution in [0, 0.1) is 23.7 Å². The fourth-order valence-corrected chi connectivity index (χ4v) is 19.4. The van der Waals surface area contributed by atoms with Crippen LogP contribution >= 0.6 is 39.1 Å². The van der Waals surface area contributed by atoms with E-state index in [1.54, 1.807) is 6.07 Å². The average Bonchev–Trinajstić information content (AvgIpc) is 0.848. The van der Waals surface area contributed by atoms with Crippen molar-refractivity contribution in [2.45, 2.75) is 306 Å². The largest absolute Gasteiger partial charge is 0.462 e. The Morgan fingerprint density at radius 1 is 0.316 bits per heavy atom. The van der Waals surface area contributed by atoms with Crippen molar-refractivity contribution in [3.8, 4) is 0 Å². The topological polar surface area (TPSA) is 209 Å². The van der Waals surface area contributed by atoms with Gasteiger partial charge in [-0.05, 0) is 244 Å². The number of anilines is 6. The zero-order valence-corrected chi connectivity index (χ0v) is 85.9. The molecular formula is C117H157BrCl2N6O10. The van der Waals surface area contributed by atoms with Gasteiger partial charge in [0.15, 0.2) is 0 Å². The van der Waals surface area contributed by atoms with E-state index < -0.39 is 0 Å². The maximum absolute atomic E-state index is 12.2. The van der Waals surface area contributed by atoms with Gasteiger partial charge in [-0.15, -0.1) is 0 Å². The summed E-state index contributed by atoms with van der Waals surface area (Å²) in [5.74, 6) is 1.64. The summed E-state index contributed by atoms with van der Waals surface area (Å²) in [6, 6.07) is 63.7. The number of nitrogens with zero attached hydrogens (tertiary/aromatic N) is 1. The highest BCUT2D eigenvalue weighted by Crippen LogP contribution is 2.37. The number of carbonyl (C=O) groups excluding carboxylic acids is 5. The maximum atomic E-state index is 12.2. The summed E-state index contributed by atoms with van der Waals surface area (Å²) < 4.78 is 26.9. The van der Waals surface area contributed by atoms with E-state index in [1.807, 2.05) is 144 Å². The van der Waals surface area contributed by atoms with Crippen LogP contribution in [0.3, 0.4) is 0 Å². The Morgan fingerprint density at radius 3 is 0.934 bits per heavy atom. The molecule has 13 rings (SSSR count). The molecule has 16 nitrogen and oxygen atoms in total. The normalized spacial score (nSPS) is 13.9. The Labute approximate surface area is 833 Å². The van der Waals surface area contributed by atoms with Crippen LogP contribution in [-0.4, -0.2) is 76.0 Å². The van der Waals surface area contributed by atoms with Gasteiger partial charge in [0, 0.05) is 76.5 Å². The first-order valence-electron chi connectivity index (χ1n) is 51.6. The molecule has 9 aromatic carbocycles. The molecular weight excluding hydrogens is 1800 g/mol. The second-order valence-electron chi connectivity index (χ2n) is 37.0. The smallest absolute Gasteiger partial charge is 0.338 e. The van der Waals surface area contributed by atoms with Crippen molar-refractivity contribution in [1.29, 1.82) is 0 Å². The van der Waals surface area contributed by atoms with Crippen LogP contribution in [0.2, 0.25) is 10.0 Å². The number of nitrogen functional groups attached to an aromatic ring is 1. The zero-order valence-electron chi connectivity index (χ0n) is 82.8. The van der Waals surface area contributed by atoms with Crippen molar-refractivity contribution >= 4 is 103 Å². The Balaban J connectivity index is 0.000000191. The molecule has 0 heterocycles. The molecule has 0 amide bonds. The summed E-state index contributed by atoms with van der Waals surface area (Å²) in [5, 5.41) is 15.6. The fourth-order valence-electron chi connectivity index (χ4n) is 18.8. The Kier molecular flexibility index (Phi) is 51.4. The number of benzene rings is 9. The predicted octanol–water partition coefficient (Wildman–Crippen LogP) is 31.4. The molecule has 136 heavy (non-hydrogen) atoms. The Bertz CT molecular complexity index is 4820. The van der Waals surface area contributed by atoms with E-state index in [4.69, 9.17) is 52.6 Å². The molecule has 9 aromatic rings. The monoisotopic (exact) mass is 1960 g/mol. The fraction of sp³-hybridized carbons (Fsp3) is 0.496. The lowest BCUT2D eigenvalue weighted by Gasteiger charge is -2.26. The zero-order chi connectivity index (χ0) is 96.7. The van der Waals surface area contributed by atoms with Crippen molar-refractivity contribution in [2.24, 2.45) is 23.7 Å². The van der Waals surface area contributed by atoms with E-state index in [0.29, 0.717) is 79.6 Å². The number of esters is 5. The molecule has 6 N–H and O–H groups in total. The van der Waals surface area contributed by atoms with Crippen molar-refractivity contribution in [1.82, 2.24) is 0 Å². The molecule has 4 aliphatic rings. The van der Waals surface area contributed by atoms with E-state index in [9.17, 15) is 24.0 Å². The summed E-state index contributed by atoms with van der Waals surface area (Å²) in [4.78, 5) is 63.0. The summed E-state index contributed by atoms with van der Waals surface area (Å²) in [6.45, 7) is 20.5. The predicted molar refractivity (Wildman–Crippen MR) is 569 cm³/mol. The first-order chi connectivity index (χ1) is 66.3. The first kappa shape index (κ1) is 110. The van der Waals surface area contributed by atoms with E-state index in [-0.39, 0.29) is 29.8 Å². The molecule has 0 atom stereocenters. The van der Waals surface area contributed by atoms with Crippen LogP contribution in [0.5, 0.6) is 0 Å². The van der Waals surface area contributed by atoms with Crippen LogP contribution in [0.25, 0.3) is 0 Å². The number of carbonyl (C=O) groups is 5. The molecule has 0 aromatic heterocycles. The number of rotatable bonds is 45. The molecule has 0 unspecified atom stereocenters. The van der Waals surface area contributed by atoms with Gasteiger partial charge in [0.2, 0.25) is 0 Å². The molecule has 736 valence electrons. The number of hydrogen-bond acceptors (Lipinski definition) is 16. The Hall–Kier alpha value is -9.81. The molecule has 4 fully saturated rings. The van der Waals surface area contributed by atoms with Gasteiger partial charge in [-0.1, -0.05) is 337 Å². The highest BCUT2D eigenvalue weighted by Gasteiger charge is 2.24. The number of ether oxygens (including phenoxy) is 5. The van der Waals surface area contributed by atoms with Crippen molar-refractivity contribution in [2.75, 3.05) is 78.0 Å². The van der Waals surface area contributed by atoms with Crippen LogP contribution in [-0.2, 0) is 75.5 Å². The number of unbranched alkanes of at least 4 members (excludes halogenated alkanes) is 10. The van der Waals surface area contributed by atoms with Crippen LogP contribution in [0.4, 0.5) is 34.1 Å². The van der Waals surface area contributed by atoms with Gasteiger partial charge in [-0.2, -0.15) is 0 Å². The molecule has 0 bridgehead atoms. The van der Waals surface area contributed by atoms with E-state index >= 15 is 0 Å². The highest BCUT2D eigenvalue weighted by atomic mass is 79.9. The van der Waals surface area contributed by atoms with Gasteiger partial charge < -0.3 is 55.6 Å². The van der Waals surface area contributed by atoms with Gasteiger partial charge >= 0.3 is 29.8 Å². The van der Waals surface area contributed by atoms with Crippen LogP contribution in [0.1, 0.15) is 350 Å². The third-order valence-corrected chi connectivity index (χ3v) is 27.4. The minimum atomic E-state index is -0.302. The van der Waals surface area contributed by atoms with Gasteiger partial charge in [0.1, 0.15) is 0 Å². The van der Waals surface area contributed by atoms with E-state index in [1.165, 1.54) is 239 Å². The van der Waals surface area contributed by atoms with Gasteiger partial charge in [0.25, 0.3) is 0 Å². The second kappa shape index (κ2) is 63.6. The van der Waals surface area contributed by atoms with Gasteiger partial charge in [0.05, 0.1) is 72.2 Å². The van der Waals surface area contributed by atoms with Crippen molar-refractivity contribution in [3.05, 3.63) is 281 Å². The van der Waals surface area contributed by atoms with Crippen molar-refractivity contribution in [3.63, 3.8) is 0 Å². The summed E-state index contributed by atoms with van der Waals surface area (Å²) >= 11 is 15.6. The van der Waals surface area contributed by atoms with Gasteiger partial charge in [-0.3, -0.25) is 0 Å². The molecule has 0 saturated heterocycles. The molecule has 0 radical (unpaired) electrons. The highest BCUT2D eigenvalue weighted by molar-refractivity contribution is 9.10. The molecule has 0 spiro atoms. The SMILES string of the molecule is CCCCCCCCN(CCCCCCCC)c1ccc(C(=O)OCC)cc1N.CCOC(=O)c1ccc(CC2CCCCC2)c(NCc2ccc(Br)cc2)c1.CCOC(=O)c1ccc(CC2CCCCC2)c(NCc2ccc(Cl)cc2)c1.CCOC(=O)c1ccc(CC2CCCCC2)c(NCc2cccc(Cl)c2)c1.CCOC(=O)c1ccc(CC2CCCCC2)c(NCc2ccccc2)c1. The minimum Gasteiger partial charge on any atom is -0.462 e. The minimum absolute atomic E-state index is 0.250. The number of halogens is 3. The summed E-state index contributed by atoms with van der Waals surface area (Å²) in [7, 11) is 0. The quantitative estimate of drug-likeness (QED) is 0.0104. The van der Waals surface area contributed by atoms with E-state index in [0.717, 1.165) is 130 Å². The summed E-state index contributed by atoms with van der Waals surface area (Å²) in [5.41, 5.74) is 25.1. The van der Waals surface area contributed by atoms with Crippen molar-refractivity contribution < 1.29 is 47.7 Å². The third kappa shape index (κ3) is 40.3. The number of hydrogen-bond donors (Lipinski definition) is 5. The number of nitrogens with one attached hydrogen (secondary N) is 4. The summed E-state index contributed by atoms with van der Waals surface area (Å²) in [6.07, 6.45) is 46.4. The van der Waals surface area contributed by atoms with Crippen LogP contribution < -0.4 is 31.9 Å². The Morgan fingerprint density at radius 2 is 0.610 bits per heavy atom. The molecule has 4 saturated carbocycles. The second-order valence-corrected chi connectivity index (χ2v) is 38.8. The van der Waals surface area contributed by atoms with Crippen LogP contribution in [0.15, 0.2) is 199 Å². The standard InChI is InChI=1S/C25H44N2O2.C23H28BrNO2.2C23H28ClNO2.C23H29NO2/c1-4-7-9-11-13-15-19-27(20-16-14-12-10-8-5-2)24-18-17-22(21-23(24)26)25(28)29-6-3;1-2-27-23(26)20-11-10-19(14-17-6-4-3-5-7-17)22(15-20)25-16-18-8-12-21(24)13-9-18;1-2-27-23(26)20-12-11-19(13-17-7-4-3-5-8-17)22(15-20)25-16-18-9-6-10-21(24)14-18;1-2-27-23(26)20-11-10-19(14-17-6-4-3-5-7-17)22(15-20)25-16-18-8-12-21(24)13-9-18;1-2-26-23(25)21-14-13-20(15-18-9-5-3-6-10-18)22(16-21)24-17-19-11-7-4-8-12-19/h17-18,21H,4-16,19-20,26H2,1-3H3;8-13,15,17,25H,2-7,14,16H2,1H3;6,9-12,14-15,17,25H,2-5,7-8,13,16H2,1H3;8-13,15,17,25H,2-7,14,16H2,1H3;4,7-8,11-14,16,18,24H,2-3,5-6,9-10,15,17H2,1H3. The van der Waals surface area contributed by atoms with E-state index in [2.05, 4.69) is 135 Å². The lowest BCUT2D eigenvalue weighted by atomic mass is 9.84. The molecule has 19 heteroatoms. The lowest BCUT2D eigenvalue weighted by Crippen LogP contribution is -2.26. The lowest BCUT2D eigenvalue weighted by molar-refractivity contribution is 0.0517. The molecule has 4 aliphatic carbocycles. The number of nitrogens with two attached hydrogens (primary N) is 1. The average molecular weight is 1960 g/mol. The molecule has 0 aliphatic heterocycles. The van der Waals surface area contributed by atoms with Gasteiger partial charge in [-0.25, -0.2) is 24.0 Å². The maximum Gasteiger partial charge on any atom is 0.338 e. The first-order valence-corrected chi connectivity index (χ1v) is 53.2.